The Hall–Kier alpha value is -2.50. The van der Waals surface area contributed by atoms with Crippen molar-refractivity contribution in [3.05, 3.63) is 11.6 Å². The molecule has 3 fully saturated rings. The fraction of sp³-hybridized carbons (Fsp3) is 0.769. The molecule has 0 saturated heterocycles. The van der Waals surface area contributed by atoms with Crippen molar-refractivity contribution in [2.45, 2.75) is 103 Å². The van der Waals surface area contributed by atoms with Crippen molar-refractivity contribution in [2.24, 2.45) is 22.7 Å². The van der Waals surface area contributed by atoms with Crippen molar-refractivity contribution < 1.29 is 53.4 Å². The fourth-order valence-corrected chi connectivity index (χ4v) is 7.94. The van der Waals surface area contributed by atoms with Crippen LogP contribution in [0, 0.1) is 22.7 Å². The predicted octanol–water partition coefficient (Wildman–Crippen LogP) is 0.911. The molecular weight excluding hydrogens is 488 g/mol. The highest BCUT2D eigenvalue weighted by molar-refractivity contribution is 5.87. The fourth-order valence-electron chi connectivity index (χ4n) is 7.94. The number of rotatable bonds is 3. The van der Waals surface area contributed by atoms with Crippen LogP contribution in [-0.2, 0) is 38.1 Å². The van der Waals surface area contributed by atoms with E-state index in [1.165, 1.54) is 13.8 Å². The number of carbonyl (C=O) groups excluding carboxylic acids is 4. The summed E-state index contributed by atoms with van der Waals surface area (Å²) >= 11 is 0. The van der Waals surface area contributed by atoms with Crippen molar-refractivity contribution >= 4 is 23.9 Å². The minimum Gasteiger partial charge on any atom is -0.462 e. The highest BCUT2D eigenvalue weighted by Crippen LogP contribution is 2.70. The molecule has 9 unspecified atom stereocenters. The maximum atomic E-state index is 12.8. The van der Waals surface area contributed by atoms with E-state index in [2.05, 4.69) is 0 Å². The Bertz CT molecular complexity index is 1080. The number of hydrogen-bond acceptors (Lipinski definition) is 11. The molecule has 9 atom stereocenters. The number of hydrogen-bond donors (Lipinski definition) is 3. The summed E-state index contributed by atoms with van der Waals surface area (Å²) in [7, 11) is 0. The maximum absolute atomic E-state index is 12.8. The molecule has 0 bridgehead atoms. The number of carbonyl (C=O) groups is 4. The predicted molar refractivity (Wildman–Crippen MR) is 124 cm³/mol. The molecule has 11 nitrogen and oxygen atoms in total. The third kappa shape index (κ3) is 3.64. The van der Waals surface area contributed by atoms with Crippen LogP contribution in [0.4, 0.5) is 0 Å². The van der Waals surface area contributed by atoms with E-state index in [-0.39, 0.29) is 12.0 Å². The van der Waals surface area contributed by atoms with Crippen LogP contribution >= 0.6 is 0 Å². The van der Waals surface area contributed by atoms with Gasteiger partial charge in [0.25, 0.3) is 0 Å². The lowest BCUT2D eigenvalue weighted by atomic mass is 9.38. The highest BCUT2D eigenvalue weighted by atomic mass is 16.7. The summed E-state index contributed by atoms with van der Waals surface area (Å²) < 4.78 is 22.4. The van der Waals surface area contributed by atoms with Crippen LogP contribution < -0.4 is 0 Å². The lowest BCUT2D eigenvalue weighted by molar-refractivity contribution is -0.361. The number of aliphatic hydroxyl groups is 3. The zero-order valence-corrected chi connectivity index (χ0v) is 22.2. The minimum absolute atomic E-state index is 0.127. The minimum atomic E-state index is -2.21. The van der Waals surface area contributed by atoms with Gasteiger partial charge in [0.2, 0.25) is 5.79 Å². The molecule has 11 heteroatoms. The van der Waals surface area contributed by atoms with Gasteiger partial charge < -0.3 is 34.3 Å². The van der Waals surface area contributed by atoms with Gasteiger partial charge in [0, 0.05) is 50.2 Å². The zero-order chi connectivity index (χ0) is 27.9. The summed E-state index contributed by atoms with van der Waals surface area (Å²) in [6, 6.07) is 0. The summed E-state index contributed by atoms with van der Waals surface area (Å²) in [4.78, 5) is 49.2. The van der Waals surface area contributed by atoms with E-state index < -0.39 is 81.8 Å². The van der Waals surface area contributed by atoms with Crippen LogP contribution in [0.2, 0.25) is 0 Å². The van der Waals surface area contributed by atoms with Crippen molar-refractivity contribution in [1.82, 2.24) is 0 Å². The van der Waals surface area contributed by atoms with Crippen LogP contribution in [0.5, 0.6) is 0 Å². The SMILES string of the molecule is CC(=O)OC1C2C(CC3(O)OC(=O)C=C3C2(C)O)C2(C)C(OC(C)=O)CCC(C)(C)C2(O)C1OC(C)=O. The Morgan fingerprint density at radius 2 is 1.51 bits per heavy atom. The molecular formula is C26H36O11. The molecule has 3 saturated carbocycles. The lowest BCUT2D eigenvalue weighted by Crippen LogP contribution is -2.82. The molecule has 4 rings (SSSR count). The Labute approximate surface area is 215 Å². The topological polar surface area (TPSA) is 166 Å². The van der Waals surface area contributed by atoms with E-state index >= 15 is 0 Å². The van der Waals surface area contributed by atoms with E-state index in [9.17, 15) is 34.5 Å². The molecule has 3 aliphatic carbocycles. The van der Waals surface area contributed by atoms with Gasteiger partial charge in [0.05, 0.1) is 5.60 Å². The molecule has 0 radical (unpaired) electrons. The standard InChI is InChI=1S/C26H36O11/c1-12(27)34-17-8-9-22(4,5)26(33)21(36-14(3)29)20(35-13(2)28)19-15(23(17,26)6)11-25(32)16(24(19,7)31)10-18(30)37-25/h10,15,17,19-21,31-33H,8-9,11H2,1-7H3. The van der Waals surface area contributed by atoms with Crippen LogP contribution in [-0.4, -0.2) is 74.5 Å². The molecule has 206 valence electrons. The molecule has 3 N–H and O–H groups in total. The van der Waals surface area contributed by atoms with Crippen LogP contribution in [0.3, 0.4) is 0 Å². The zero-order valence-electron chi connectivity index (χ0n) is 22.2. The first-order valence-corrected chi connectivity index (χ1v) is 12.5. The summed E-state index contributed by atoms with van der Waals surface area (Å²) in [6.07, 6.45) is -2.42. The summed E-state index contributed by atoms with van der Waals surface area (Å²) in [5.41, 5.74) is -6.59. The molecule has 0 aromatic rings. The average Bonchev–Trinajstić information content (AvgIpc) is 3.05. The van der Waals surface area contributed by atoms with Crippen LogP contribution in [0.1, 0.15) is 67.7 Å². The molecule has 1 heterocycles. The number of ether oxygens (including phenoxy) is 4. The summed E-state index contributed by atoms with van der Waals surface area (Å²) in [5, 5.41) is 36.2. The molecule has 4 aliphatic rings. The third-order valence-corrected chi connectivity index (χ3v) is 9.37. The van der Waals surface area contributed by atoms with Gasteiger partial charge in [0.1, 0.15) is 17.8 Å². The van der Waals surface area contributed by atoms with Crippen molar-refractivity contribution in [3.8, 4) is 0 Å². The molecule has 0 aromatic carbocycles. The smallest absolute Gasteiger partial charge is 0.333 e. The average molecular weight is 525 g/mol. The van der Waals surface area contributed by atoms with E-state index in [1.54, 1.807) is 20.8 Å². The Morgan fingerprint density at radius 3 is 2.05 bits per heavy atom. The number of fused-ring (bicyclic) bond motifs is 4. The van der Waals surface area contributed by atoms with E-state index in [0.717, 1.165) is 19.9 Å². The van der Waals surface area contributed by atoms with Gasteiger partial charge >= 0.3 is 23.9 Å². The first-order valence-electron chi connectivity index (χ1n) is 12.5. The normalized spacial score (nSPS) is 45.8. The van der Waals surface area contributed by atoms with Gasteiger partial charge in [-0.05, 0) is 31.1 Å². The molecule has 1 aliphatic heterocycles. The van der Waals surface area contributed by atoms with Gasteiger partial charge in [0.15, 0.2) is 6.10 Å². The van der Waals surface area contributed by atoms with Gasteiger partial charge in [-0.2, -0.15) is 0 Å². The van der Waals surface area contributed by atoms with Crippen molar-refractivity contribution in [3.63, 3.8) is 0 Å². The Balaban J connectivity index is 2.06. The van der Waals surface area contributed by atoms with Gasteiger partial charge in [-0.3, -0.25) is 14.4 Å². The van der Waals surface area contributed by atoms with Crippen molar-refractivity contribution in [2.75, 3.05) is 0 Å². The van der Waals surface area contributed by atoms with Crippen LogP contribution in [0.25, 0.3) is 0 Å². The first kappa shape index (κ1) is 27.5. The summed E-state index contributed by atoms with van der Waals surface area (Å²) in [6.45, 7) is 10.1. The Morgan fingerprint density at radius 1 is 0.946 bits per heavy atom. The number of esters is 4. The van der Waals surface area contributed by atoms with Gasteiger partial charge in [-0.1, -0.05) is 20.8 Å². The maximum Gasteiger partial charge on any atom is 0.333 e. The third-order valence-electron chi connectivity index (χ3n) is 9.37. The Kier molecular flexibility index (Phi) is 6.14. The lowest BCUT2D eigenvalue weighted by Gasteiger charge is -2.71. The van der Waals surface area contributed by atoms with E-state index in [1.807, 2.05) is 0 Å². The second-order valence-electron chi connectivity index (χ2n) is 11.9. The molecule has 0 amide bonds. The van der Waals surface area contributed by atoms with Gasteiger partial charge in [-0.15, -0.1) is 0 Å². The molecule has 0 spiro atoms. The second-order valence-corrected chi connectivity index (χ2v) is 11.9. The largest absolute Gasteiger partial charge is 0.462 e. The van der Waals surface area contributed by atoms with Gasteiger partial charge in [-0.25, -0.2) is 4.79 Å². The molecule has 0 aromatic heterocycles. The van der Waals surface area contributed by atoms with E-state index in [4.69, 9.17) is 18.9 Å². The molecule has 37 heavy (non-hydrogen) atoms. The quantitative estimate of drug-likeness (QED) is 0.355. The van der Waals surface area contributed by atoms with E-state index in [0.29, 0.717) is 12.8 Å². The van der Waals surface area contributed by atoms with Crippen LogP contribution in [0.15, 0.2) is 11.6 Å². The van der Waals surface area contributed by atoms with Crippen molar-refractivity contribution in [1.29, 1.82) is 0 Å². The first-order chi connectivity index (χ1) is 16.8. The second kappa shape index (κ2) is 8.25. The monoisotopic (exact) mass is 524 g/mol. The highest BCUT2D eigenvalue weighted by Gasteiger charge is 2.80. The summed E-state index contributed by atoms with van der Waals surface area (Å²) in [5.74, 6) is -7.22.